The highest BCUT2D eigenvalue weighted by Crippen LogP contribution is 2.42. The van der Waals surface area contributed by atoms with E-state index in [4.69, 9.17) is 14.6 Å². The van der Waals surface area contributed by atoms with Gasteiger partial charge in [0.05, 0.1) is 20.8 Å². The minimum absolute atomic E-state index is 0.131. The summed E-state index contributed by atoms with van der Waals surface area (Å²) < 4.78 is 11.3. The van der Waals surface area contributed by atoms with Crippen molar-refractivity contribution >= 4 is 0 Å². The van der Waals surface area contributed by atoms with Crippen molar-refractivity contribution in [3.05, 3.63) is 22.8 Å². The van der Waals surface area contributed by atoms with Crippen LogP contribution in [-0.4, -0.2) is 51.0 Å². The second-order valence-corrected chi connectivity index (χ2v) is 5.47. The Kier molecular flexibility index (Phi) is 5.45. The van der Waals surface area contributed by atoms with E-state index in [2.05, 4.69) is 30.3 Å². The average Bonchev–Trinajstić information content (AvgIpc) is 2.50. The normalized spacial score (nSPS) is 18.4. The van der Waals surface area contributed by atoms with Gasteiger partial charge in [0.25, 0.3) is 0 Å². The third-order valence-corrected chi connectivity index (χ3v) is 4.28. The van der Waals surface area contributed by atoms with Gasteiger partial charge in [0.15, 0.2) is 0 Å². The zero-order chi connectivity index (χ0) is 15.4. The standard InChI is InChI=1S/C16H26N2O3/c1-11-15-13(5-7-18(11)2)16(21-4)12(9-14(15)20-3)10-17-6-8-19/h9,11,17,19H,5-8,10H2,1-4H3. The molecule has 5 nitrogen and oxygen atoms in total. The molecule has 118 valence electrons. The van der Waals surface area contributed by atoms with E-state index in [-0.39, 0.29) is 6.61 Å². The van der Waals surface area contributed by atoms with Crippen molar-refractivity contribution in [2.24, 2.45) is 0 Å². The quantitative estimate of drug-likeness (QED) is 0.775. The van der Waals surface area contributed by atoms with Crippen LogP contribution < -0.4 is 14.8 Å². The van der Waals surface area contributed by atoms with Crippen molar-refractivity contribution in [2.75, 3.05) is 41.0 Å². The van der Waals surface area contributed by atoms with Crippen molar-refractivity contribution in [3.63, 3.8) is 0 Å². The summed E-state index contributed by atoms with van der Waals surface area (Å²) in [5, 5.41) is 12.1. The SMILES string of the molecule is COc1cc(CNCCO)c(OC)c2c1C(C)N(C)CC2. The van der Waals surface area contributed by atoms with Gasteiger partial charge in [0, 0.05) is 42.4 Å². The Bertz CT molecular complexity index is 491. The lowest BCUT2D eigenvalue weighted by Gasteiger charge is -2.34. The van der Waals surface area contributed by atoms with Crippen LogP contribution in [0.2, 0.25) is 0 Å². The van der Waals surface area contributed by atoms with Crippen LogP contribution in [0.15, 0.2) is 6.07 Å². The van der Waals surface area contributed by atoms with Gasteiger partial charge in [-0.3, -0.25) is 4.90 Å². The van der Waals surface area contributed by atoms with Crippen molar-refractivity contribution in [1.82, 2.24) is 10.2 Å². The first-order valence-electron chi connectivity index (χ1n) is 7.42. The van der Waals surface area contributed by atoms with Crippen LogP contribution in [0.25, 0.3) is 0 Å². The predicted octanol–water partition coefficient (Wildman–Crippen LogP) is 1.33. The second kappa shape index (κ2) is 7.11. The second-order valence-electron chi connectivity index (χ2n) is 5.47. The lowest BCUT2D eigenvalue weighted by atomic mass is 9.90. The lowest BCUT2D eigenvalue weighted by molar-refractivity contribution is 0.236. The Labute approximate surface area is 126 Å². The predicted molar refractivity (Wildman–Crippen MR) is 83.1 cm³/mol. The molecule has 0 radical (unpaired) electrons. The number of benzene rings is 1. The largest absolute Gasteiger partial charge is 0.496 e. The molecule has 0 saturated heterocycles. The molecule has 0 fully saturated rings. The van der Waals surface area contributed by atoms with Gasteiger partial charge < -0.3 is 19.9 Å². The molecule has 0 aromatic heterocycles. The van der Waals surface area contributed by atoms with E-state index in [1.807, 2.05) is 0 Å². The highest BCUT2D eigenvalue weighted by molar-refractivity contribution is 5.56. The first-order valence-corrected chi connectivity index (χ1v) is 7.42. The molecule has 2 rings (SSSR count). The number of aliphatic hydroxyl groups is 1. The number of rotatable bonds is 6. The molecule has 1 unspecified atom stereocenters. The molecule has 1 atom stereocenters. The lowest BCUT2D eigenvalue weighted by Crippen LogP contribution is -2.31. The number of fused-ring (bicyclic) bond motifs is 1. The van der Waals surface area contributed by atoms with Gasteiger partial charge in [0.1, 0.15) is 11.5 Å². The fourth-order valence-corrected chi connectivity index (χ4v) is 3.03. The molecule has 5 heteroatoms. The van der Waals surface area contributed by atoms with Gasteiger partial charge in [-0.25, -0.2) is 0 Å². The fourth-order valence-electron chi connectivity index (χ4n) is 3.03. The first-order chi connectivity index (χ1) is 10.1. The molecule has 1 aromatic carbocycles. The van der Waals surface area contributed by atoms with Gasteiger partial charge in [-0.1, -0.05) is 0 Å². The Morgan fingerprint density at radius 3 is 2.76 bits per heavy atom. The van der Waals surface area contributed by atoms with E-state index in [0.29, 0.717) is 19.1 Å². The van der Waals surface area contributed by atoms with Crippen LogP contribution in [0, 0.1) is 0 Å². The maximum absolute atomic E-state index is 8.90. The molecular weight excluding hydrogens is 268 g/mol. The maximum Gasteiger partial charge on any atom is 0.127 e. The summed E-state index contributed by atoms with van der Waals surface area (Å²) in [6.45, 7) is 4.58. The van der Waals surface area contributed by atoms with E-state index in [1.165, 1.54) is 11.1 Å². The minimum Gasteiger partial charge on any atom is -0.496 e. The number of nitrogens with zero attached hydrogens (tertiary/aromatic N) is 1. The molecule has 0 spiro atoms. The van der Waals surface area contributed by atoms with Crippen LogP contribution in [-0.2, 0) is 13.0 Å². The van der Waals surface area contributed by atoms with Gasteiger partial charge in [-0.15, -0.1) is 0 Å². The Morgan fingerprint density at radius 2 is 2.14 bits per heavy atom. The Balaban J connectivity index is 2.45. The van der Waals surface area contributed by atoms with E-state index in [1.54, 1.807) is 14.2 Å². The number of hydrogen-bond acceptors (Lipinski definition) is 5. The van der Waals surface area contributed by atoms with E-state index >= 15 is 0 Å². The number of likely N-dealkylation sites (N-methyl/N-ethyl adjacent to an activating group) is 1. The van der Waals surface area contributed by atoms with Crippen LogP contribution in [0.1, 0.15) is 29.7 Å². The summed E-state index contributed by atoms with van der Waals surface area (Å²) in [4.78, 5) is 2.33. The molecule has 1 aromatic rings. The zero-order valence-electron chi connectivity index (χ0n) is 13.4. The molecule has 2 N–H and O–H groups in total. The summed E-state index contributed by atoms with van der Waals surface area (Å²) >= 11 is 0. The summed E-state index contributed by atoms with van der Waals surface area (Å²) in [7, 11) is 5.57. The summed E-state index contributed by atoms with van der Waals surface area (Å²) in [5.74, 6) is 1.88. The third kappa shape index (κ3) is 3.15. The third-order valence-electron chi connectivity index (χ3n) is 4.28. The molecular formula is C16H26N2O3. The number of aliphatic hydroxyl groups excluding tert-OH is 1. The van der Waals surface area contributed by atoms with Gasteiger partial charge in [-0.05, 0) is 26.5 Å². The highest BCUT2D eigenvalue weighted by atomic mass is 16.5. The molecule has 1 aliphatic rings. The molecule has 21 heavy (non-hydrogen) atoms. The zero-order valence-corrected chi connectivity index (χ0v) is 13.4. The topological polar surface area (TPSA) is 54.0 Å². The molecule has 0 saturated carbocycles. The minimum atomic E-state index is 0.131. The average molecular weight is 294 g/mol. The molecule has 1 aliphatic heterocycles. The van der Waals surface area contributed by atoms with E-state index in [0.717, 1.165) is 30.0 Å². The van der Waals surface area contributed by atoms with Gasteiger partial charge >= 0.3 is 0 Å². The van der Waals surface area contributed by atoms with Crippen molar-refractivity contribution in [3.8, 4) is 11.5 Å². The van der Waals surface area contributed by atoms with Crippen LogP contribution in [0.3, 0.4) is 0 Å². The van der Waals surface area contributed by atoms with Crippen molar-refractivity contribution < 1.29 is 14.6 Å². The highest BCUT2D eigenvalue weighted by Gasteiger charge is 2.29. The van der Waals surface area contributed by atoms with Crippen LogP contribution >= 0.6 is 0 Å². The fraction of sp³-hybridized carbons (Fsp3) is 0.625. The number of methoxy groups -OCH3 is 2. The number of nitrogens with one attached hydrogen (secondary N) is 1. The first kappa shape index (κ1) is 16.1. The van der Waals surface area contributed by atoms with E-state index in [9.17, 15) is 0 Å². The van der Waals surface area contributed by atoms with Crippen LogP contribution in [0.4, 0.5) is 0 Å². The molecule has 0 bridgehead atoms. The van der Waals surface area contributed by atoms with E-state index < -0.39 is 0 Å². The number of hydrogen-bond donors (Lipinski definition) is 2. The summed E-state index contributed by atoms with van der Waals surface area (Å²) in [6.07, 6.45) is 0.962. The molecule has 0 aliphatic carbocycles. The Hall–Kier alpha value is -1.30. The summed E-state index contributed by atoms with van der Waals surface area (Å²) in [6, 6.07) is 2.37. The smallest absolute Gasteiger partial charge is 0.127 e. The van der Waals surface area contributed by atoms with Gasteiger partial charge in [0.2, 0.25) is 0 Å². The van der Waals surface area contributed by atoms with Crippen LogP contribution in [0.5, 0.6) is 11.5 Å². The Morgan fingerprint density at radius 1 is 1.38 bits per heavy atom. The number of ether oxygens (including phenoxy) is 2. The summed E-state index contributed by atoms with van der Waals surface area (Å²) in [5.41, 5.74) is 3.57. The van der Waals surface area contributed by atoms with Gasteiger partial charge in [-0.2, -0.15) is 0 Å². The van der Waals surface area contributed by atoms with Crippen molar-refractivity contribution in [2.45, 2.75) is 25.9 Å². The molecule has 1 heterocycles. The monoisotopic (exact) mass is 294 g/mol. The molecule has 0 amide bonds. The van der Waals surface area contributed by atoms with Crippen molar-refractivity contribution in [1.29, 1.82) is 0 Å². The maximum atomic E-state index is 8.90.